The van der Waals surface area contributed by atoms with Crippen LogP contribution in [-0.2, 0) is 15.8 Å². The van der Waals surface area contributed by atoms with Crippen molar-refractivity contribution >= 4 is 10.0 Å². The minimum atomic E-state index is -3.43. The molecule has 0 radical (unpaired) electrons. The Balaban J connectivity index is 1.49. The highest BCUT2D eigenvalue weighted by Crippen LogP contribution is 2.30. The molecule has 0 saturated carbocycles. The molecular formula is C20H20FN3O3S. The van der Waals surface area contributed by atoms with Gasteiger partial charge in [0.15, 0.2) is 0 Å². The highest BCUT2D eigenvalue weighted by atomic mass is 32.2. The van der Waals surface area contributed by atoms with Gasteiger partial charge in [0.25, 0.3) is 0 Å². The van der Waals surface area contributed by atoms with E-state index < -0.39 is 10.0 Å². The first-order valence-electron chi connectivity index (χ1n) is 9.12. The summed E-state index contributed by atoms with van der Waals surface area (Å²) in [5.74, 6) is 0.208. The van der Waals surface area contributed by atoms with Gasteiger partial charge in [-0.1, -0.05) is 30.3 Å². The lowest BCUT2D eigenvalue weighted by atomic mass is 10.00. The second-order valence-electron chi connectivity index (χ2n) is 6.89. The fraction of sp³-hybridized carbons (Fsp3) is 0.300. The van der Waals surface area contributed by atoms with E-state index in [4.69, 9.17) is 4.42 Å². The van der Waals surface area contributed by atoms with Gasteiger partial charge < -0.3 is 4.42 Å². The molecular weight excluding hydrogens is 381 g/mol. The highest BCUT2D eigenvalue weighted by molar-refractivity contribution is 7.88. The number of benzene rings is 2. The van der Waals surface area contributed by atoms with Gasteiger partial charge in [-0.25, -0.2) is 17.1 Å². The van der Waals surface area contributed by atoms with Crippen LogP contribution in [0, 0.1) is 5.82 Å². The van der Waals surface area contributed by atoms with Gasteiger partial charge in [-0.2, -0.15) is 0 Å². The summed E-state index contributed by atoms with van der Waals surface area (Å²) in [5, 5.41) is 8.15. The molecule has 0 spiro atoms. The van der Waals surface area contributed by atoms with Crippen molar-refractivity contribution in [1.82, 2.24) is 14.5 Å². The number of rotatable bonds is 5. The summed E-state index contributed by atoms with van der Waals surface area (Å²) in [6, 6.07) is 15.0. The zero-order chi connectivity index (χ0) is 19.6. The molecule has 1 atom stereocenters. The van der Waals surface area contributed by atoms with Crippen LogP contribution in [0.25, 0.3) is 11.5 Å². The minimum Gasteiger partial charge on any atom is -0.420 e. The number of nitrogens with zero attached hydrogens (tertiary/aromatic N) is 3. The van der Waals surface area contributed by atoms with Crippen LogP contribution < -0.4 is 0 Å². The Morgan fingerprint density at radius 3 is 2.57 bits per heavy atom. The van der Waals surface area contributed by atoms with E-state index in [2.05, 4.69) is 10.2 Å². The molecule has 0 aliphatic carbocycles. The number of hydrogen-bond donors (Lipinski definition) is 0. The summed E-state index contributed by atoms with van der Waals surface area (Å²) in [6.45, 7) is 0.810. The summed E-state index contributed by atoms with van der Waals surface area (Å²) in [5.41, 5.74) is 1.39. The zero-order valence-corrected chi connectivity index (χ0v) is 16.0. The average molecular weight is 401 g/mol. The van der Waals surface area contributed by atoms with Crippen molar-refractivity contribution in [2.45, 2.75) is 24.5 Å². The van der Waals surface area contributed by atoms with Crippen LogP contribution in [0.5, 0.6) is 0 Å². The van der Waals surface area contributed by atoms with Crippen molar-refractivity contribution in [3.05, 3.63) is 71.9 Å². The van der Waals surface area contributed by atoms with Gasteiger partial charge in [-0.3, -0.25) is 0 Å². The predicted octanol–water partition coefficient (Wildman–Crippen LogP) is 3.59. The summed E-state index contributed by atoms with van der Waals surface area (Å²) >= 11 is 0. The van der Waals surface area contributed by atoms with Crippen LogP contribution in [-0.4, -0.2) is 36.0 Å². The van der Waals surface area contributed by atoms with E-state index in [-0.39, 0.29) is 17.5 Å². The molecule has 1 aromatic heterocycles. The van der Waals surface area contributed by atoms with E-state index in [1.54, 1.807) is 12.1 Å². The highest BCUT2D eigenvalue weighted by Gasteiger charge is 2.32. The minimum absolute atomic E-state index is 0.0226. The molecule has 4 rings (SSSR count). The van der Waals surface area contributed by atoms with Gasteiger partial charge in [-0.05, 0) is 42.7 Å². The zero-order valence-electron chi connectivity index (χ0n) is 15.2. The van der Waals surface area contributed by atoms with E-state index >= 15 is 0 Å². The normalized spacial score (nSPS) is 18.2. The van der Waals surface area contributed by atoms with Crippen molar-refractivity contribution in [3.8, 4) is 11.5 Å². The number of halogens is 1. The molecule has 0 amide bonds. The lowest BCUT2D eigenvalue weighted by Gasteiger charge is -2.30. The fourth-order valence-corrected chi connectivity index (χ4v) is 4.99. The molecule has 146 valence electrons. The van der Waals surface area contributed by atoms with Crippen LogP contribution in [0.2, 0.25) is 0 Å². The van der Waals surface area contributed by atoms with E-state index in [1.807, 2.05) is 30.3 Å². The quantitative estimate of drug-likeness (QED) is 0.653. The molecule has 6 nitrogen and oxygen atoms in total. The maximum absolute atomic E-state index is 13.1. The first kappa shape index (κ1) is 18.8. The van der Waals surface area contributed by atoms with E-state index in [0.29, 0.717) is 30.4 Å². The predicted molar refractivity (Wildman–Crippen MR) is 102 cm³/mol. The Morgan fingerprint density at radius 2 is 1.82 bits per heavy atom. The Labute approximate surface area is 163 Å². The van der Waals surface area contributed by atoms with E-state index in [0.717, 1.165) is 18.4 Å². The number of piperidine rings is 1. The molecule has 1 aliphatic rings. The molecule has 1 fully saturated rings. The standard InChI is InChI=1S/C20H20FN3O3S/c21-18-10-8-16(9-11-18)19-22-23-20(27-19)17-7-4-12-24(13-17)28(25,26)14-15-5-2-1-3-6-15/h1-3,5-6,8-11,17H,4,7,12-14H2. The van der Waals surface area contributed by atoms with Crippen LogP contribution in [0.4, 0.5) is 4.39 Å². The topological polar surface area (TPSA) is 76.3 Å². The summed E-state index contributed by atoms with van der Waals surface area (Å²) in [6.07, 6.45) is 1.51. The molecule has 1 saturated heterocycles. The summed E-state index contributed by atoms with van der Waals surface area (Å²) in [7, 11) is -3.43. The van der Waals surface area contributed by atoms with Gasteiger partial charge >= 0.3 is 0 Å². The van der Waals surface area contributed by atoms with Crippen LogP contribution >= 0.6 is 0 Å². The molecule has 1 unspecified atom stereocenters. The Bertz CT molecular complexity index is 1040. The van der Waals surface area contributed by atoms with Gasteiger partial charge in [0.05, 0.1) is 11.7 Å². The van der Waals surface area contributed by atoms with E-state index in [1.165, 1.54) is 16.4 Å². The summed E-state index contributed by atoms with van der Waals surface area (Å²) in [4.78, 5) is 0. The van der Waals surface area contributed by atoms with Crippen molar-refractivity contribution in [2.75, 3.05) is 13.1 Å². The van der Waals surface area contributed by atoms with Crippen molar-refractivity contribution in [2.24, 2.45) is 0 Å². The Kier molecular flexibility index (Phi) is 5.23. The second-order valence-corrected chi connectivity index (χ2v) is 8.86. The molecule has 2 aromatic carbocycles. The molecule has 8 heteroatoms. The van der Waals surface area contributed by atoms with Gasteiger partial charge in [-0.15, -0.1) is 10.2 Å². The lowest BCUT2D eigenvalue weighted by Crippen LogP contribution is -2.39. The largest absolute Gasteiger partial charge is 0.420 e. The Hall–Kier alpha value is -2.58. The molecule has 28 heavy (non-hydrogen) atoms. The Morgan fingerprint density at radius 1 is 1.07 bits per heavy atom. The fourth-order valence-electron chi connectivity index (χ4n) is 3.38. The van der Waals surface area contributed by atoms with Crippen LogP contribution in [0.1, 0.15) is 30.2 Å². The van der Waals surface area contributed by atoms with Crippen molar-refractivity contribution in [1.29, 1.82) is 0 Å². The molecule has 0 bridgehead atoms. The molecule has 3 aromatic rings. The third kappa shape index (κ3) is 4.13. The molecule has 2 heterocycles. The molecule has 0 N–H and O–H groups in total. The smallest absolute Gasteiger partial charge is 0.247 e. The maximum Gasteiger partial charge on any atom is 0.247 e. The number of hydrogen-bond acceptors (Lipinski definition) is 5. The van der Waals surface area contributed by atoms with Crippen molar-refractivity contribution < 1.29 is 17.2 Å². The van der Waals surface area contributed by atoms with Crippen molar-refractivity contribution in [3.63, 3.8) is 0 Å². The summed E-state index contributed by atoms with van der Waals surface area (Å²) < 4.78 is 46.0. The molecule has 1 aliphatic heterocycles. The SMILES string of the molecule is O=S(=O)(Cc1ccccc1)N1CCCC(c2nnc(-c3ccc(F)cc3)o2)C1. The first-order valence-corrected chi connectivity index (χ1v) is 10.7. The third-order valence-corrected chi connectivity index (χ3v) is 6.67. The van der Waals surface area contributed by atoms with Crippen LogP contribution in [0.15, 0.2) is 59.0 Å². The first-order chi connectivity index (χ1) is 13.5. The maximum atomic E-state index is 13.1. The number of aromatic nitrogens is 2. The van der Waals surface area contributed by atoms with Crippen LogP contribution in [0.3, 0.4) is 0 Å². The number of sulfonamides is 1. The lowest BCUT2D eigenvalue weighted by molar-refractivity contribution is 0.286. The monoisotopic (exact) mass is 401 g/mol. The van der Waals surface area contributed by atoms with E-state index in [9.17, 15) is 12.8 Å². The van der Waals surface area contributed by atoms with Gasteiger partial charge in [0, 0.05) is 18.7 Å². The van der Waals surface area contributed by atoms with Gasteiger partial charge in [0.1, 0.15) is 5.82 Å². The average Bonchev–Trinajstić information content (AvgIpc) is 3.19. The third-order valence-electron chi connectivity index (χ3n) is 4.85. The second kappa shape index (κ2) is 7.81. The van der Waals surface area contributed by atoms with Gasteiger partial charge in [0.2, 0.25) is 21.8 Å².